The zero-order chi connectivity index (χ0) is 17.6. The molecule has 0 saturated carbocycles. The topological polar surface area (TPSA) is 105 Å². The van der Waals surface area contributed by atoms with Gasteiger partial charge in [0.05, 0.1) is 25.1 Å². The molecule has 1 aromatic carbocycles. The van der Waals surface area contributed by atoms with Crippen LogP contribution in [0.5, 0.6) is 5.75 Å². The van der Waals surface area contributed by atoms with Crippen LogP contribution in [0.4, 0.5) is 5.69 Å². The summed E-state index contributed by atoms with van der Waals surface area (Å²) in [4.78, 5) is 33.7. The van der Waals surface area contributed by atoms with Crippen LogP contribution in [0.25, 0.3) is 0 Å². The summed E-state index contributed by atoms with van der Waals surface area (Å²) in [5.41, 5.74) is -1.25. The van der Waals surface area contributed by atoms with Crippen molar-refractivity contribution in [3.63, 3.8) is 0 Å². The number of nitro benzene ring substituents is 1. The first kappa shape index (κ1) is 18.4. The normalized spacial score (nSPS) is 10.8. The first-order valence-corrected chi connectivity index (χ1v) is 6.91. The number of esters is 2. The van der Waals surface area contributed by atoms with Gasteiger partial charge in [-0.05, 0) is 32.4 Å². The van der Waals surface area contributed by atoms with Crippen LogP contribution in [0.2, 0.25) is 0 Å². The summed E-state index contributed by atoms with van der Waals surface area (Å²) in [5, 5.41) is 11.1. The van der Waals surface area contributed by atoms with Gasteiger partial charge in [-0.25, -0.2) is 4.79 Å². The minimum Gasteiger partial charge on any atom is -0.469 e. The maximum Gasteiger partial charge on any atom is 0.349 e. The Morgan fingerprint density at radius 2 is 1.96 bits per heavy atom. The van der Waals surface area contributed by atoms with Crippen LogP contribution < -0.4 is 4.74 Å². The van der Waals surface area contributed by atoms with Gasteiger partial charge in [0.1, 0.15) is 0 Å². The first-order chi connectivity index (χ1) is 10.7. The highest BCUT2D eigenvalue weighted by Crippen LogP contribution is 2.31. The molecule has 0 aromatic heterocycles. The summed E-state index contributed by atoms with van der Waals surface area (Å²) in [6.45, 7) is 4.70. The molecule has 8 heteroatoms. The van der Waals surface area contributed by atoms with Crippen LogP contribution >= 0.6 is 0 Å². The molecule has 0 unspecified atom stereocenters. The van der Waals surface area contributed by atoms with E-state index in [1.165, 1.54) is 39.2 Å². The fraction of sp³-hybridized carbons (Fsp3) is 0.467. The van der Waals surface area contributed by atoms with E-state index in [1.54, 1.807) is 6.92 Å². The molecule has 1 rings (SSSR count). The van der Waals surface area contributed by atoms with Crippen LogP contribution in [0.15, 0.2) is 18.2 Å². The maximum atomic E-state index is 11.9. The standard InChI is InChI=1S/C15H19NO7/c1-5-22-14(18)15(2,3)23-12-8-10(9-13(17)21-4)6-7-11(12)16(19)20/h6-8H,5,9H2,1-4H3. The molecule has 0 fully saturated rings. The predicted molar refractivity (Wildman–Crippen MR) is 80.2 cm³/mol. The van der Waals surface area contributed by atoms with Crippen molar-refractivity contribution in [1.82, 2.24) is 0 Å². The van der Waals surface area contributed by atoms with E-state index in [2.05, 4.69) is 4.74 Å². The number of hydrogen-bond acceptors (Lipinski definition) is 7. The Morgan fingerprint density at radius 3 is 2.48 bits per heavy atom. The molecule has 0 aliphatic carbocycles. The lowest BCUT2D eigenvalue weighted by Crippen LogP contribution is -2.39. The molecule has 0 amide bonds. The number of benzene rings is 1. The molecule has 0 spiro atoms. The number of ether oxygens (including phenoxy) is 3. The van der Waals surface area contributed by atoms with E-state index >= 15 is 0 Å². The van der Waals surface area contributed by atoms with Crippen molar-refractivity contribution >= 4 is 17.6 Å². The molecule has 0 radical (unpaired) electrons. The van der Waals surface area contributed by atoms with Gasteiger partial charge in [0.2, 0.25) is 5.60 Å². The van der Waals surface area contributed by atoms with Crippen molar-refractivity contribution in [1.29, 1.82) is 0 Å². The number of nitrogens with zero attached hydrogens (tertiary/aromatic N) is 1. The fourth-order valence-corrected chi connectivity index (χ4v) is 1.76. The van der Waals surface area contributed by atoms with Crippen molar-refractivity contribution in [3.8, 4) is 5.75 Å². The second-order valence-corrected chi connectivity index (χ2v) is 5.14. The Kier molecular flexibility index (Phi) is 6.06. The van der Waals surface area contributed by atoms with E-state index in [1.807, 2.05) is 0 Å². The highest BCUT2D eigenvalue weighted by atomic mass is 16.6. The van der Waals surface area contributed by atoms with Crippen molar-refractivity contribution in [3.05, 3.63) is 33.9 Å². The lowest BCUT2D eigenvalue weighted by atomic mass is 10.1. The molecule has 0 saturated heterocycles. The first-order valence-electron chi connectivity index (χ1n) is 6.91. The molecule has 8 nitrogen and oxygen atoms in total. The molecule has 1 aromatic rings. The summed E-state index contributed by atoms with van der Waals surface area (Å²) in [5.74, 6) is -1.25. The average molecular weight is 325 g/mol. The average Bonchev–Trinajstić information content (AvgIpc) is 2.46. The third kappa shape index (κ3) is 4.94. The van der Waals surface area contributed by atoms with E-state index in [0.717, 1.165) is 0 Å². The van der Waals surface area contributed by atoms with Gasteiger partial charge in [-0.1, -0.05) is 6.07 Å². The van der Waals surface area contributed by atoms with Crippen molar-refractivity contribution < 1.29 is 28.7 Å². The number of rotatable bonds is 7. The lowest BCUT2D eigenvalue weighted by Gasteiger charge is -2.24. The minimum absolute atomic E-state index is 0.0648. The second kappa shape index (κ2) is 7.57. The summed E-state index contributed by atoms with van der Waals surface area (Å²) in [6, 6.07) is 3.99. The zero-order valence-corrected chi connectivity index (χ0v) is 13.5. The van der Waals surface area contributed by atoms with Gasteiger partial charge in [0.15, 0.2) is 5.75 Å². The van der Waals surface area contributed by atoms with Gasteiger partial charge in [-0.15, -0.1) is 0 Å². The number of carbonyl (C=O) groups is 2. The minimum atomic E-state index is -1.41. The van der Waals surface area contributed by atoms with Crippen molar-refractivity contribution in [2.45, 2.75) is 32.8 Å². The van der Waals surface area contributed by atoms with Crippen molar-refractivity contribution in [2.75, 3.05) is 13.7 Å². The molecule has 0 N–H and O–H groups in total. The second-order valence-electron chi connectivity index (χ2n) is 5.14. The zero-order valence-electron chi connectivity index (χ0n) is 13.5. The highest BCUT2D eigenvalue weighted by Gasteiger charge is 2.34. The molecule has 0 aliphatic heterocycles. The van der Waals surface area contributed by atoms with Gasteiger partial charge < -0.3 is 14.2 Å². The number of methoxy groups -OCH3 is 1. The number of hydrogen-bond donors (Lipinski definition) is 0. The smallest absolute Gasteiger partial charge is 0.349 e. The fourth-order valence-electron chi connectivity index (χ4n) is 1.76. The highest BCUT2D eigenvalue weighted by molar-refractivity contribution is 5.79. The molecule has 0 atom stereocenters. The van der Waals surface area contributed by atoms with Crippen molar-refractivity contribution in [2.24, 2.45) is 0 Å². The van der Waals surface area contributed by atoms with E-state index in [9.17, 15) is 19.7 Å². The van der Waals surface area contributed by atoms with Crippen LogP contribution in [0.3, 0.4) is 0 Å². The molecule has 23 heavy (non-hydrogen) atoms. The van der Waals surface area contributed by atoms with Gasteiger partial charge in [0.25, 0.3) is 0 Å². The summed E-state index contributed by atoms with van der Waals surface area (Å²) in [7, 11) is 1.25. The monoisotopic (exact) mass is 325 g/mol. The van der Waals surface area contributed by atoms with E-state index in [4.69, 9.17) is 9.47 Å². The van der Waals surface area contributed by atoms with Gasteiger partial charge in [-0.3, -0.25) is 14.9 Å². The summed E-state index contributed by atoms with van der Waals surface area (Å²) >= 11 is 0. The Bertz CT molecular complexity index is 610. The molecular formula is C15H19NO7. The van der Waals surface area contributed by atoms with Gasteiger partial charge >= 0.3 is 17.6 Å². The Balaban J connectivity index is 3.15. The third-order valence-electron chi connectivity index (χ3n) is 2.93. The molecule has 0 bridgehead atoms. The molecular weight excluding hydrogens is 306 g/mol. The molecule has 0 aliphatic rings. The Labute approximate surface area is 133 Å². The predicted octanol–water partition coefficient (Wildman–Crippen LogP) is 2.03. The largest absolute Gasteiger partial charge is 0.469 e. The molecule has 126 valence electrons. The van der Waals surface area contributed by atoms with Crippen LogP contribution in [-0.2, 0) is 25.5 Å². The van der Waals surface area contributed by atoms with Gasteiger partial charge in [0, 0.05) is 6.07 Å². The van der Waals surface area contributed by atoms with Crippen LogP contribution in [-0.4, -0.2) is 36.2 Å². The van der Waals surface area contributed by atoms with E-state index in [0.29, 0.717) is 5.56 Å². The van der Waals surface area contributed by atoms with Crippen LogP contribution in [0.1, 0.15) is 26.3 Å². The maximum absolute atomic E-state index is 11.9. The molecule has 0 heterocycles. The quantitative estimate of drug-likeness (QED) is 0.429. The van der Waals surface area contributed by atoms with Gasteiger partial charge in [-0.2, -0.15) is 0 Å². The Hall–Kier alpha value is -2.64. The SMILES string of the molecule is CCOC(=O)C(C)(C)Oc1cc(CC(=O)OC)ccc1[N+](=O)[O-]. The van der Waals surface area contributed by atoms with E-state index in [-0.39, 0.29) is 24.5 Å². The van der Waals surface area contributed by atoms with E-state index < -0.39 is 22.5 Å². The Morgan fingerprint density at radius 1 is 1.30 bits per heavy atom. The summed E-state index contributed by atoms with van der Waals surface area (Å²) in [6.07, 6.45) is -0.0648. The number of carbonyl (C=O) groups excluding carboxylic acids is 2. The summed E-state index contributed by atoms with van der Waals surface area (Å²) < 4.78 is 14.9. The van der Waals surface area contributed by atoms with Crippen LogP contribution in [0, 0.1) is 10.1 Å². The third-order valence-corrected chi connectivity index (χ3v) is 2.93. The number of nitro groups is 1. The lowest BCUT2D eigenvalue weighted by molar-refractivity contribution is -0.386.